The first-order valence-corrected chi connectivity index (χ1v) is 8.97. The molecule has 1 aromatic carbocycles. The summed E-state index contributed by atoms with van der Waals surface area (Å²) in [6.45, 7) is 0.271. The highest BCUT2D eigenvalue weighted by Crippen LogP contribution is 2.28. The van der Waals surface area contributed by atoms with E-state index in [1.807, 2.05) is 18.5 Å². The van der Waals surface area contributed by atoms with Crippen LogP contribution in [0.2, 0.25) is 0 Å². The predicted molar refractivity (Wildman–Crippen MR) is 115 cm³/mol. The number of allylic oxidation sites excluding steroid dienone is 8. The fraction of sp³-hybridized carbons (Fsp3) is 0. The Morgan fingerprint density at radius 1 is 0.846 bits per heavy atom. The van der Waals surface area contributed by atoms with Crippen molar-refractivity contribution in [1.82, 2.24) is 10.1 Å². The Bertz CT molecular complexity index is 914. The Labute approximate surface area is 156 Å². The van der Waals surface area contributed by atoms with Gasteiger partial charge in [0.1, 0.15) is 0 Å². The van der Waals surface area contributed by atoms with Crippen LogP contribution in [0.15, 0.2) is 110 Å². The Hall–Kier alpha value is -3.13. The predicted octanol–water partition coefficient (Wildman–Crippen LogP) is 3.97. The van der Waals surface area contributed by atoms with Crippen LogP contribution in [0.1, 0.15) is 11.1 Å². The second kappa shape index (κ2) is 7.83. The summed E-state index contributed by atoms with van der Waals surface area (Å²) in [5.41, 5.74) is 5.16. The number of nitrogens with one attached hydrogen (secondary N) is 1. The smallest absolute Gasteiger partial charge is 0.320 e. The van der Waals surface area contributed by atoms with Crippen LogP contribution in [-0.2, 0) is 0 Å². The molecule has 4 rings (SSSR count). The number of nitrogens with zero attached hydrogens (tertiary/aromatic N) is 1. The van der Waals surface area contributed by atoms with Gasteiger partial charge in [-0.2, -0.15) is 0 Å². The molecule has 124 valence electrons. The third kappa shape index (κ3) is 3.60. The molecule has 3 aliphatic heterocycles. The molecule has 0 bridgehead atoms. The van der Waals surface area contributed by atoms with Gasteiger partial charge in [0.05, 0.1) is 0 Å². The molecular formula is C22H20B2N2. The van der Waals surface area contributed by atoms with E-state index in [1.54, 1.807) is 0 Å². The minimum atomic E-state index is 0.271. The van der Waals surface area contributed by atoms with E-state index in [4.69, 9.17) is 0 Å². The fourth-order valence-corrected chi connectivity index (χ4v) is 3.37. The van der Waals surface area contributed by atoms with E-state index in [0.29, 0.717) is 0 Å². The third-order valence-electron chi connectivity index (χ3n) is 4.67. The number of rotatable bonds is 2. The summed E-state index contributed by atoms with van der Waals surface area (Å²) in [4.78, 5) is 2.24. The minimum Gasteiger partial charge on any atom is -0.390 e. The number of hydrogen-bond acceptors (Lipinski definition) is 2. The molecule has 26 heavy (non-hydrogen) atoms. The minimum absolute atomic E-state index is 0.271. The largest absolute Gasteiger partial charge is 0.390 e. The lowest BCUT2D eigenvalue weighted by atomic mass is 9.50. The standard InChI is InChI=1S/C22H20B2N2/c1-3-14-25-15-6-10-21(23-12-1)19-8-5-9-20(18-19)22-11-7-17-26-16-4-2-13-24(22)26/h1-18,23,25H/b12-1-,14-3-,15-6-,21-10-. The summed E-state index contributed by atoms with van der Waals surface area (Å²) in [5.74, 6) is 4.43. The van der Waals surface area contributed by atoms with Crippen molar-refractivity contribution in [3.63, 3.8) is 0 Å². The Morgan fingerprint density at radius 2 is 1.73 bits per heavy atom. The van der Waals surface area contributed by atoms with Gasteiger partial charge in [-0.3, -0.25) is 0 Å². The molecular weight excluding hydrogens is 314 g/mol. The van der Waals surface area contributed by atoms with Crippen LogP contribution < -0.4 is 5.32 Å². The van der Waals surface area contributed by atoms with Crippen molar-refractivity contribution in [3.05, 3.63) is 121 Å². The monoisotopic (exact) mass is 334 g/mol. The maximum absolute atomic E-state index is 3.13. The average Bonchev–Trinajstić information content (AvgIpc) is 2.71. The van der Waals surface area contributed by atoms with Crippen molar-refractivity contribution < 1.29 is 0 Å². The normalized spacial score (nSPS) is 23.7. The topological polar surface area (TPSA) is 15.3 Å². The van der Waals surface area contributed by atoms with Crippen LogP contribution in [-0.4, -0.2) is 18.9 Å². The highest BCUT2D eigenvalue weighted by atomic mass is 15.0. The van der Waals surface area contributed by atoms with Crippen LogP contribution in [0.25, 0.3) is 10.9 Å². The van der Waals surface area contributed by atoms with Gasteiger partial charge in [-0.15, -0.1) is 5.98 Å². The number of benzene rings is 1. The molecule has 0 fully saturated rings. The van der Waals surface area contributed by atoms with Gasteiger partial charge in [0.25, 0.3) is 0 Å². The zero-order valence-corrected chi connectivity index (χ0v) is 14.6. The quantitative estimate of drug-likeness (QED) is 0.824. The molecule has 0 saturated heterocycles. The van der Waals surface area contributed by atoms with Crippen molar-refractivity contribution in [2.75, 3.05) is 0 Å². The summed E-state index contributed by atoms with van der Waals surface area (Å²) in [6, 6.07) is 8.86. The molecule has 0 spiro atoms. The maximum Gasteiger partial charge on any atom is 0.320 e. The first-order valence-electron chi connectivity index (χ1n) is 8.97. The van der Waals surface area contributed by atoms with Gasteiger partial charge in [-0.1, -0.05) is 54.0 Å². The first-order chi connectivity index (χ1) is 12.9. The third-order valence-corrected chi connectivity index (χ3v) is 4.67. The Morgan fingerprint density at radius 3 is 2.73 bits per heavy atom. The van der Waals surface area contributed by atoms with Gasteiger partial charge >= 0.3 is 6.85 Å². The Kier molecular flexibility index (Phi) is 4.92. The van der Waals surface area contributed by atoms with Crippen LogP contribution in [0, 0.1) is 0 Å². The second-order valence-electron chi connectivity index (χ2n) is 6.37. The number of hydrogen-bond donors (Lipinski definition) is 1. The lowest BCUT2D eigenvalue weighted by molar-refractivity contribution is 0.793. The summed E-state index contributed by atoms with van der Waals surface area (Å²) < 4.78 is 0. The molecule has 0 saturated carbocycles. The van der Waals surface area contributed by atoms with Crippen molar-refractivity contribution in [1.29, 1.82) is 0 Å². The van der Waals surface area contributed by atoms with E-state index in [1.165, 1.54) is 22.1 Å². The van der Waals surface area contributed by atoms with Crippen molar-refractivity contribution >= 4 is 25.1 Å². The zero-order chi connectivity index (χ0) is 17.6. The SMILES string of the molecule is B1/C=C\C=C/N/C=C\C=C/1c1cccc(C2=CC=CN3C=CC=CB23)c1. The van der Waals surface area contributed by atoms with E-state index in [2.05, 4.69) is 101 Å². The molecule has 0 aliphatic carbocycles. The average molecular weight is 334 g/mol. The van der Waals surface area contributed by atoms with Crippen molar-refractivity contribution in [2.45, 2.75) is 0 Å². The summed E-state index contributed by atoms with van der Waals surface area (Å²) in [7, 11) is 0.912. The van der Waals surface area contributed by atoms with Crippen LogP contribution in [0.5, 0.6) is 0 Å². The van der Waals surface area contributed by atoms with Crippen molar-refractivity contribution in [3.8, 4) is 0 Å². The zero-order valence-electron chi connectivity index (χ0n) is 14.6. The molecule has 4 heteroatoms. The molecule has 0 aromatic heterocycles. The summed E-state index contributed by atoms with van der Waals surface area (Å²) in [5, 5.41) is 3.13. The van der Waals surface area contributed by atoms with Crippen LogP contribution in [0.3, 0.4) is 0 Å². The maximum atomic E-state index is 3.13. The van der Waals surface area contributed by atoms with E-state index in [9.17, 15) is 0 Å². The van der Waals surface area contributed by atoms with Crippen LogP contribution >= 0.6 is 0 Å². The van der Waals surface area contributed by atoms with Gasteiger partial charge < -0.3 is 10.1 Å². The summed E-state index contributed by atoms with van der Waals surface area (Å²) in [6.07, 6.45) is 25.0. The lowest BCUT2D eigenvalue weighted by Gasteiger charge is -2.29. The molecule has 2 nitrogen and oxygen atoms in total. The molecule has 1 N–H and O–H groups in total. The van der Waals surface area contributed by atoms with Crippen LogP contribution in [0.4, 0.5) is 0 Å². The summed E-state index contributed by atoms with van der Waals surface area (Å²) >= 11 is 0. The van der Waals surface area contributed by atoms with E-state index < -0.39 is 0 Å². The highest BCUT2D eigenvalue weighted by Gasteiger charge is 2.26. The van der Waals surface area contributed by atoms with E-state index >= 15 is 0 Å². The van der Waals surface area contributed by atoms with Gasteiger partial charge in [0.2, 0.25) is 0 Å². The van der Waals surface area contributed by atoms with Gasteiger partial charge in [-0.25, -0.2) is 0 Å². The highest BCUT2D eigenvalue weighted by molar-refractivity contribution is 6.82. The van der Waals surface area contributed by atoms with E-state index in [-0.39, 0.29) is 6.85 Å². The van der Waals surface area contributed by atoms with Crippen molar-refractivity contribution in [2.24, 2.45) is 0 Å². The number of fused-ring (bicyclic) bond motifs is 1. The molecule has 0 atom stereocenters. The lowest BCUT2D eigenvalue weighted by Crippen LogP contribution is -2.34. The second-order valence-corrected chi connectivity index (χ2v) is 6.37. The molecule has 3 heterocycles. The fourth-order valence-electron chi connectivity index (χ4n) is 3.37. The Balaban J connectivity index is 1.66. The van der Waals surface area contributed by atoms with E-state index in [0.717, 1.165) is 7.28 Å². The molecule has 0 radical (unpaired) electrons. The molecule has 3 aliphatic rings. The molecule has 1 aromatic rings. The van der Waals surface area contributed by atoms with Gasteiger partial charge in [0, 0.05) is 12.4 Å². The first kappa shape index (κ1) is 16.3. The molecule has 0 unspecified atom stereocenters. The van der Waals surface area contributed by atoms with Gasteiger partial charge in [-0.05, 0) is 59.4 Å². The van der Waals surface area contributed by atoms with Gasteiger partial charge in [0.15, 0.2) is 7.28 Å². The molecule has 0 amide bonds.